The molecule has 0 aromatic heterocycles. The summed E-state index contributed by atoms with van der Waals surface area (Å²) in [5.41, 5.74) is 0.981. The van der Waals surface area contributed by atoms with Crippen LogP contribution in [0.1, 0.15) is 35.6 Å². The molecule has 1 N–H and O–H groups in total. The Balaban J connectivity index is 1.76. The second-order valence-electron chi connectivity index (χ2n) is 7.80. The number of rotatable bonds is 4. The van der Waals surface area contributed by atoms with Gasteiger partial charge >= 0.3 is 12.1 Å². The lowest BCUT2D eigenvalue weighted by Gasteiger charge is -2.37. The predicted octanol–water partition coefficient (Wildman–Crippen LogP) is 5.74. The van der Waals surface area contributed by atoms with E-state index in [0.29, 0.717) is 19.5 Å². The highest BCUT2D eigenvalue weighted by atomic mass is 19.4. The molecule has 30 heavy (non-hydrogen) atoms. The number of aliphatic carboxylic acids is 1. The Bertz CT molecular complexity index is 1050. The third kappa shape index (κ3) is 4.19. The van der Waals surface area contributed by atoms with E-state index in [-0.39, 0.29) is 6.04 Å². The summed E-state index contributed by atoms with van der Waals surface area (Å²) in [6.45, 7) is 1.07. The van der Waals surface area contributed by atoms with Crippen molar-refractivity contribution in [1.82, 2.24) is 4.90 Å². The minimum Gasteiger partial charge on any atom is -0.481 e. The number of carbonyl (C=O) groups is 1. The summed E-state index contributed by atoms with van der Waals surface area (Å²) in [4.78, 5) is 13.7. The summed E-state index contributed by atoms with van der Waals surface area (Å²) in [7, 11) is 0. The van der Waals surface area contributed by atoms with E-state index in [2.05, 4.69) is 4.90 Å². The van der Waals surface area contributed by atoms with Gasteiger partial charge in [-0.3, -0.25) is 9.69 Å². The fraction of sp³-hybridized carbons (Fsp3) is 0.292. The summed E-state index contributed by atoms with van der Waals surface area (Å²) in [6, 6.07) is 18.8. The Morgan fingerprint density at radius 2 is 1.63 bits per heavy atom. The first kappa shape index (κ1) is 20.4. The second kappa shape index (κ2) is 8.11. The molecule has 6 heteroatoms. The Morgan fingerprint density at radius 3 is 2.30 bits per heavy atom. The van der Waals surface area contributed by atoms with Crippen LogP contribution in [-0.2, 0) is 11.0 Å². The maximum Gasteiger partial charge on any atom is 0.416 e. The van der Waals surface area contributed by atoms with E-state index >= 15 is 0 Å². The van der Waals surface area contributed by atoms with E-state index in [0.717, 1.165) is 40.5 Å². The Morgan fingerprint density at radius 1 is 0.967 bits per heavy atom. The molecule has 4 rings (SSSR count). The van der Waals surface area contributed by atoms with Gasteiger partial charge in [0.05, 0.1) is 17.5 Å². The fourth-order valence-electron chi connectivity index (χ4n) is 4.29. The average Bonchev–Trinajstić information content (AvgIpc) is 2.74. The van der Waals surface area contributed by atoms with E-state index in [4.69, 9.17) is 0 Å². The van der Waals surface area contributed by atoms with Crippen LogP contribution in [0.2, 0.25) is 0 Å². The molecule has 1 fully saturated rings. The van der Waals surface area contributed by atoms with Crippen molar-refractivity contribution in [2.75, 3.05) is 13.1 Å². The van der Waals surface area contributed by atoms with Gasteiger partial charge in [-0.05, 0) is 59.5 Å². The number of hydrogen-bond acceptors (Lipinski definition) is 2. The molecule has 0 spiro atoms. The van der Waals surface area contributed by atoms with Crippen molar-refractivity contribution < 1.29 is 23.1 Å². The molecule has 1 aliphatic rings. The van der Waals surface area contributed by atoms with Crippen LogP contribution in [0.15, 0.2) is 66.7 Å². The van der Waals surface area contributed by atoms with Crippen molar-refractivity contribution in [1.29, 1.82) is 0 Å². The minimum atomic E-state index is -4.39. The highest BCUT2D eigenvalue weighted by Crippen LogP contribution is 2.36. The van der Waals surface area contributed by atoms with Gasteiger partial charge in [0.2, 0.25) is 0 Å². The molecular formula is C24H22F3NO2. The molecular weight excluding hydrogens is 391 g/mol. The van der Waals surface area contributed by atoms with Gasteiger partial charge in [0.1, 0.15) is 0 Å². The van der Waals surface area contributed by atoms with Crippen LogP contribution in [0.3, 0.4) is 0 Å². The Hall–Kier alpha value is -2.86. The summed E-state index contributed by atoms with van der Waals surface area (Å²) in [5, 5.41) is 11.6. The molecule has 3 nitrogen and oxygen atoms in total. The highest BCUT2D eigenvalue weighted by molar-refractivity contribution is 5.83. The Labute approximate surface area is 172 Å². The smallest absolute Gasteiger partial charge is 0.416 e. The molecule has 3 aromatic rings. The normalized spacial score (nSPS) is 19.0. The number of hydrogen-bond donors (Lipinski definition) is 1. The van der Waals surface area contributed by atoms with Gasteiger partial charge in [-0.2, -0.15) is 13.2 Å². The van der Waals surface area contributed by atoms with Gasteiger partial charge in [0, 0.05) is 6.54 Å². The monoisotopic (exact) mass is 413 g/mol. The number of nitrogens with zero attached hydrogens (tertiary/aromatic N) is 1. The first-order valence-electron chi connectivity index (χ1n) is 9.95. The number of likely N-dealkylation sites (tertiary alicyclic amines) is 1. The van der Waals surface area contributed by atoms with Gasteiger partial charge in [-0.15, -0.1) is 0 Å². The van der Waals surface area contributed by atoms with Crippen LogP contribution in [0.5, 0.6) is 0 Å². The quantitative estimate of drug-likeness (QED) is 0.593. The van der Waals surface area contributed by atoms with Crippen LogP contribution in [0.4, 0.5) is 13.2 Å². The standard InChI is InChI=1S/C24H22F3NO2/c25-24(26,27)21-11-9-17(10-12-21)22(28-13-3-6-20(15-28)23(29)30)19-8-7-16-4-1-2-5-18(16)14-19/h1-2,4-5,7-12,14,20,22H,3,6,13,15H2,(H,29,30). The van der Waals surface area contributed by atoms with Crippen molar-refractivity contribution >= 4 is 16.7 Å². The lowest BCUT2D eigenvalue weighted by Crippen LogP contribution is -2.41. The van der Waals surface area contributed by atoms with Gasteiger partial charge < -0.3 is 5.11 Å². The molecule has 0 aliphatic carbocycles. The topological polar surface area (TPSA) is 40.5 Å². The number of piperidine rings is 1. The summed E-state index contributed by atoms with van der Waals surface area (Å²) in [6.07, 6.45) is -3.04. The van der Waals surface area contributed by atoms with Gasteiger partial charge in [0.25, 0.3) is 0 Å². The number of alkyl halides is 3. The third-order valence-corrected chi connectivity index (χ3v) is 5.81. The number of fused-ring (bicyclic) bond motifs is 1. The predicted molar refractivity (Wildman–Crippen MR) is 109 cm³/mol. The van der Waals surface area contributed by atoms with Crippen LogP contribution < -0.4 is 0 Å². The zero-order valence-corrected chi connectivity index (χ0v) is 16.3. The first-order valence-corrected chi connectivity index (χ1v) is 9.95. The Kier molecular flexibility index (Phi) is 5.52. The zero-order valence-electron chi connectivity index (χ0n) is 16.3. The lowest BCUT2D eigenvalue weighted by atomic mass is 9.90. The van der Waals surface area contributed by atoms with Crippen molar-refractivity contribution in [3.8, 4) is 0 Å². The molecule has 0 radical (unpaired) electrons. The minimum absolute atomic E-state index is 0.306. The molecule has 2 unspecified atom stereocenters. The largest absolute Gasteiger partial charge is 0.481 e. The van der Waals surface area contributed by atoms with Crippen LogP contribution in [-0.4, -0.2) is 29.1 Å². The summed E-state index contributed by atoms with van der Waals surface area (Å²) < 4.78 is 39.1. The van der Waals surface area contributed by atoms with Crippen LogP contribution >= 0.6 is 0 Å². The second-order valence-corrected chi connectivity index (χ2v) is 7.80. The van der Waals surface area contributed by atoms with Gasteiger partial charge in [-0.1, -0.05) is 48.5 Å². The zero-order chi connectivity index (χ0) is 21.3. The van der Waals surface area contributed by atoms with Crippen molar-refractivity contribution in [3.05, 3.63) is 83.4 Å². The molecule has 0 amide bonds. The highest BCUT2D eigenvalue weighted by Gasteiger charge is 2.33. The summed E-state index contributed by atoms with van der Waals surface area (Å²) in [5.74, 6) is -1.31. The number of carboxylic acids is 1. The molecule has 0 bridgehead atoms. The van der Waals surface area contributed by atoms with Crippen molar-refractivity contribution in [3.63, 3.8) is 0 Å². The van der Waals surface area contributed by atoms with Gasteiger partial charge in [0.15, 0.2) is 0 Å². The van der Waals surface area contributed by atoms with Crippen molar-refractivity contribution in [2.45, 2.75) is 25.1 Å². The van der Waals surface area contributed by atoms with Crippen LogP contribution in [0.25, 0.3) is 10.8 Å². The molecule has 2 atom stereocenters. The summed E-state index contributed by atoms with van der Waals surface area (Å²) >= 11 is 0. The van der Waals surface area contributed by atoms with Crippen molar-refractivity contribution in [2.24, 2.45) is 5.92 Å². The van der Waals surface area contributed by atoms with E-state index in [9.17, 15) is 23.1 Å². The molecule has 1 aliphatic heterocycles. The van der Waals surface area contributed by atoms with E-state index in [1.54, 1.807) is 0 Å². The molecule has 3 aromatic carbocycles. The number of benzene rings is 3. The molecule has 0 saturated carbocycles. The number of carboxylic acid groups (broad SMARTS) is 1. The first-order chi connectivity index (χ1) is 14.3. The van der Waals surface area contributed by atoms with E-state index in [1.165, 1.54) is 12.1 Å². The number of halogens is 3. The lowest BCUT2D eigenvalue weighted by molar-refractivity contribution is -0.144. The fourth-order valence-corrected chi connectivity index (χ4v) is 4.29. The SMILES string of the molecule is O=C(O)C1CCCN(C(c2ccc(C(F)(F)F)cc2)c2ccc3ccccc3c2)C1. The van der Waals surface area contributed by atoms with E-state index in [1.807, 2.05) is 42.5 Å². The molecule has 156 valence electrons. The maximum atomic E-state index is 13.0. The average molecular weight is 413 g/mol. The van der Waals surface area contributed by atoms with Crippen LogP contribution in [0, 0.1) is 5.92 Å². The van der Waals surface area contributed by atoms with E-state index < -0.39 is 23.6 Å². The molecule has 1 heterocycles. The third-order valence-electron chi connectivity index (χ3n) is 5.81. The van der Waals surface area contributed by atoms with Gasteiger partial charge in [-0.25, -0.2) is 0 Å². The maximum absolute atomic E-state index is 13.0. The molecule has 1 saturated heterocycles.